The van der Waals surface area contributed by atoms with Crippen LogP contribution in [0.25, 0.3) is 0 Å². The number of pyridine rings is 1. The van der Waals surface area contributed by atoms with E-state index < -0.39 is 10.0 Å². The number of amidine groups is 1. The molecule has 1 fully saturated rings. The molecule has 1 aliphatic carbocycles. The van der Waals surface area contributed by atoms with Crippen LogP contribution in [0.2, 0.25) is 0 Å². The Labute approximate surface area is 182 Å². The Kier molecular flexibility index (Phi) is 7.83. The normalized spacial score (nSPS) is 15.7. The van der Waals surface area contributed by atoms with Gasteiger partial charge in [-0.1, -0.05) is 19.3 Å². The lowest BCUT2D eigenvalue weighted by atomic mass is 9.95. The van der Waals surface area contributed by atoms with Crippen LogP contribution in [0, 0.1) is 0 Å². The molecule has 1 heterocycles. The molecule has 3 rings (SSSR count). The van der Waals surface area contributed by atoms with E-state index in [9.17, 15) is 13.2 Å². The predicted octanol–water partition coefficient (Wildman–Crippen LogP) is 2.08. The molecular weight excluding hydrogens is 418 g/mol. The van der Waals surface area contributed by atoms with Crippen LogP contribution in [-0.2, 0) is 14.8 Å². The van der Waals surface area contributed by atoms with Crippen LogP contribution in [0.4, 0.5) is 11.4 Å². The van der Waals surface area contributed by atoms with Crippen molar-refractivity contribution >= 4 is 27.2 Å². The highest BCUT2D eigenvalue weighted by atomic mass is 32.2. The molecule has 5 N–H and O–H groups in total. The van der Waals surface area contributed by atoms with Crippen LogP contribution >= 0.6 is 0 Å². The van der Waals surface area contributed by atoms with Gasteiger partial charge in [-0.15, -0.1) is 0 Å². The summed E-state index contributed by atoms with van der Waals surface area (Å²) in [7, 11) is -2.14. The Bertz CT molecular complexity index is 1060. The maximum Gasteiger partial charge on any atom is 0.261 e. The predicted molar refractivity (Wildman–Crippen MR) is 121 cm³/mol. The van der Waals surface area contributed by atoms with Crippen molar-refractivity contribution in [1.82, 2.24) is 9.71 Å². The monoisotopic (exact) mass is 447 g/mol. The molecule has 0 aliphatic heterocycles. The third-order valence-corrected chi connectivity index (χ3v) is 6.65. The molecule has 31 heavy (non-hydrogen) atoms. The number of aliphatic imine (C=N–C) groups is 1. The summed E-state index contributed by atoms with van der Waals surface area (Å²) >= 11 is 0. The number of nitrogens with one attached hydrogen (secondary N) is 3. The van der Waals surface area contributed by atoms with Crippen LogP contribution in [0.5, 0.6) is 0 Å². The van der Waals surface area contributed by atoms with Crippen LogP contribution in [0.15, 0.2) is 51.2 Å². The zero-order chi connectivity index (χ0) is 22.3. The number of aromatic amines is 1. The van der Waals surface area contributed by atoms with Crippen molar-refractivity contribution in [2.45, 2.75) is 43.0 Å². The minimum atomic E-state index is -3.63. The Balaban J connectivity index is 1.80. The average Bonchev–Trinajstić information content (AvgIpc) is 2.75. The summed E-state index contributed by atoms with van der Waals surface area (Å²) < 4.78 is 31.8. The van der Waals surface area contributed by atoms with E-state index in [-0.39, 0.29) is 35.0 Å². The highest BCUT2D eigenvalue weighted by Crippen LogP contribution is 2.23. The summed E-state index contributed by atoms with van der Waals surface area (Å²) in [5.41, 5.74) is 7.23. The first-order valence-electron chi connectivity index (χ1n) is 10.3. The van der Waals surface area contributed by atoms with Gasteiger partial charge in [-0.3, -0.25) is 4.79 Å². The number of anilines is 1. The second-order valence-corrected chi connectivity index (χ2v) is 9.22. The standard InChI is InChI=1S/C21H29N5O4S/c1-30-14-13-24-31(28,29)17-9-7-16(8-10-17)26-20(22)19-18(11-12-23-21(19)27)25-15-5-3-2-4-6-15/h7-12,15,24H,2-6,13-14H2,1H3,(H2,22,26)(H2,23,25,27). The number of sulfonamides is 1. The summed E-state index contributed by atoms with van der Waals surface area (Å²) in [6, 6.07) is 8.06. The van der Waals surface area contributed by atoms with E-state index in [1.165, 1.54) is 25.7 Å². The van der Waals surface area contributed by atoms with Crippen LogP contribution in [-0.4, -0.2) is 45.5 Å². The zero-order valence-corrected chi connectivity index (χ0v) is 18.4. The molecule has 0 saturated heterocycles. The maximum absolute atomic E-state index is 12.5. The Morgan fingerprint density at radius 3 is 2.58 bits per heavy atom. The summed E-state index contributed by atoms with van der Waals surface area (Å²) in [5, 5.41) is 3.43. The molecule has 0 radical (unpaired) electrons. The molecule has 1 aromatic carbocycles. The second-order valence-electron chi connectivity index (χ2n) is 7.46. The van der Waals surface area contributed by atoms with Crippen molar-refractivity contribution in [2.24, 2.45) is 10.7 Å². The van der Waals surface area contributed by atoms with Crippen LogP contribution < -0.4 is 21.3 Å². The van der Waals surface area contributed by atoms with Crippen LogP contribution in [0.1, 0.15) is 37.7 Å². The maximum atomic E-state index is 12.5. The van der Waals surface area contributed by atoms with Gasteiger partial charge in [0.2, 0.25) is 10.0 Å². The molecular formula is C21H29N5O4S. The van der Waals surface area contributed by atoms with Crippen molar-refractivity contribution in [1.29, 1.82) is 0 Å². The van der Waals surface area contributed by atoms with Crippen LogP contribution in [0.3, 0.4) is 0 Å². The summed E-state index contributed by atoms with van der Waals surface area (Å²) in [5.74, 6) is 0.0639. The van der Waals surface area contributed by atoms with Gasteiger partial charge in [0.1, 0.15) is 11.4 Å². The van der Waals surface area contributed by atoms with Gasteiger partial charge in [0, 0.05) is 25.9 Å². The Morgan fingerprint density at radius 1 is 1.19 bits per heavy atom. The van der Waals surface area contributed by atoms with Gasteiger partial charge in [0.05, 0.1) is 22.9 Å². The first-order valence-corrected chi connectivity index (χ1v) is 11.8. The number of aromatic nitrogens is 1. The van der Waals surface area contributed by atoms with Gasteiger partial charge in [0.15, 0.2) is 0 Å². The van der Waals surface area contributed by atoms with Gasteiger partial charge < -0.3 is 20.8 Å². The first kappa shape index (κ1) is 23.0. The lowest BCUT2D eigenvalue weighted by Crippen LogP contribution is -2.29. The highest BCUT2D eigenvalue weighted by molar-refractivity contribution is 7.89. The van der Waals surface area contributed by atoms with E-state index in [4.69, 9.17) is 10.5 Å². The molecule has 0 bridgehead atoms. The topological polar surface area (TPSA) is 139 Å². The number of H-pyrrole nitrogens is 1. The van der Waals surface area contributed by atoms with Gasteiger partial charge in [-0.25, -0.2) is 18.1 Å². The van der Waals surface area contributed by atoms with Gasteiger partial charge in [0.25, 0.3) is 5.56 Å². The van der Waals surface area contributed by atoms with E-state index in [0.717, 1.165) is 25.7 Å². The van der Waals surface area contributed by atoms with Gasteiger partial charge in [-0.2, -0.15) is 0 Å². The van der Waals surface area contributed by atoms with E-state index >= 15 is 0 Å². The number of nitrogens with zero attached hydrogens (tertiary/aromatic N) is 1. The van der Waals surface area contributed by atoms with E-state index in [1.807, 2.05) is 0 Å². The SMILES string of the molecule is COCCNS(=O)(=O)c1ccc(N=C(N)c2c(NC3CCCCC3)cc[nH]c2=O)cc1. The van der Waals surface area contributed by atoms with Crippen molar-refractivity contribution < 1.29 is 13.2 Å². The molecule has 0 atom stereocenters. The third kappa shape index (κ3) is 6.16. The summed E-state index contributed by atoms with van der Waals surface area (Å²) in [6.45, 7) is 0.459. The van der Waals surface area contributed by atoms with Crippen molar-refractivity contribution in [2.75, 3.05) is 25.6 Å². The largest absolute Gasteiger partial charge is 0.383 e. The van der Waals surface area contributed by atoms with Crippen molar-refractivity contribution in [3.05, 3.63) is 52.4 Å². The lowest BCUT2D eigenvalue weighted by molar-refractivity contribution is 0.204. The fourth-order valence-electron chi connectivity index (χ4n) is 3.58. The molecule has 1 aromatic heterocycles. The third-order valence-electron chi connectivity index (χ3n) is 5.18. The average molecular weight is 448 g/mol. The molecule has 2 aromatic rings. The first-order chi connectivity index (χ1) is 14.9. The van der Waals surface area contributed by atoms with Crippen molar-refractivity contribution in [3.8, 4) is 0 Å². The van der Waals surface area contributed by atoms with Crippen molar-refractivity contribution in [3.63, 3.8) is 0 Å². The molecule has 1 aliphatic rings. The second kappa shape index (κ2) is 10.6. The number of nitrogens with two attached hydrogens (primary N) is 1. The number of ether oxygens (including phenoxy) is 1. The minimum Gasteiger partial charge on any atom is -0.383 e. The number of methoxy groups -OCH3 is 1. The van der Waals surface area contributed by atoms with E-state index in [0.29, 0.717) is 17.4 Å². The zero-order valence-electron chi connectivity index (χ0n) is 17.6. The van der Waals surface area contributed by atoms with Gasteiger partial charge in [-0.05, 0) is 43.2 Å². The number of hydrogen-bond donors (Lipinski definition) is 4. The summed E-state index contributed by atoms with van der Waals surface area (Å²) in [4.78, 5) is 19.6. The highest BCUT2D eigenvalue weighted by Gasteiger charge is 2.18. The Morgan fingerprint density at radius 2 is 1.90 bits per heavy atom. The van der Waals surface area contributed by atoms with Gasteiger partial charge >= 0.3 is 0 Å². The van der Waals surface area contributed by atoms with E-state index in [1.54, 1.807) is 24.4 Å². The number of benzene rings is 1. The molecule has 10 heteroatoms. The molecule has 9 nitrogen and oxygen atoms in total. The summed E-state index contributed by atoms with van der Waals surface area (Å²) in [6.07, 6.45) is 7.25. The lowest BCUT2D eigenvalue weighted by Gasteiger charge is -2.24. The minimum absolute atomic E-state index is 0.0639. The molecule has 1 saturated carbocycles. The molecule has 0 unspecified atom stereocenters. The molecule has 0 spiro atoms. The molecule has 168 valence electrons. The Hall–Kier alpha value is -2.69. The smallest absolute Gasteiger partial charge is 0.261 e. The fourth-order valence-corrected chi connectivity index (χ4v) is 4.59. The number of rotatable bonds is 9. The fraction of sp³-hybridized carbons (Fsp3) is 0.429. The van der Waals surface area contributed by atoms with E-state index in [2.05, 4.69) is 20.0 Å². The quantitative estimate of drug-likeness (QED) is 0.264. The number of hydrogen-bond acceptors (Lipinski definition) is 6. The molecule has 0 amide bonds.